The van der Waals surface area contributed by atoms with E-state index < -0.39 is 5.97 Å². The Morgan fingerprint density at radius 1 is 0.811 bits per heavy atom. The molecule has 5 rings (SSSR count). The first-order valence-electron chi connectivity index (χ1n) is 11.1. The highest BCUT2D eigenvalue weighted by atomic mass is 16.6. The van der Waals surface area contributed by atoms with Crippen molar-refractivity contribution in [1.29, 1.82) is 0 Å². The second kappa shape index (κ2) is 9.62. The topological polar surface area (TPSA) is 103 Å². The van der Waals surface area contributed by atoms with E-state index in [1.54, 1.807) is 42.5 Å². The molecule has 188 valence electrons. The average molecular weight is 502 g/mol. The molecule has 37 heavy (non-hydrogen) atoms. The lowest BCUT2D eigenvalue weighted by Crippen LogP contribution is -2.07. The van der Waals surface area contributed by atoms with Crippen molar-refractivity contribution in [2.24, 2.45) is 0 Å². The van der Waals surface area contributed by atoms with Gasteiger partial charge in [0.15, 0.2) is 28.6 Å². The molecule has 0 unspecified atom stereocenters. The number of para-hydroxylation sites is 1. The van der Waals surface area contributed by atoms with Crippen LogP contribution in [-0.2, 0) is 0 Å². The highest BCUT2D eigenvalue weighted by Gasteiger charge is 2.29. The van der Waals surface area contributed by atoms with Crippen LogP contribution in [0, 0.1) is 0 Å². The van der Waals surface area contributed by atoms with Crippen LogP contribution in [0.25, 0.3) is 17.0 Å². The Labute approximate surface area is 211 Å². The summed E-state index contributed by atoms with van der Waals surface area (Å²) in [5.41, 5.74) is 1.34. The monoisotopic (exact) mass is 502 g/mol. The number of rotatable bonds is 7. The van der Waals surface area contributed by atoms with E-state index in [2.05, 4.69) is 0 Å². The fourth-order valence-corrected chi connectivity index (χ4v) is 3.99. The van der Waals surface area contributed by atoms with E-state index in [4.69, 9.17) is 32.8 Å². The minimum absolute atomic E-state index is 0.0122. The van der Waals surface area contributed by atoms with E-state index in [9.17, 15) is 9.59 Å². The SMILES string of the molecule is COc1cc(OC)c(OC)cc1/C=C1\Oc2cc(OC(=O)c3cc4cccc(OC)c4o3)ccc2C1=O. The van der Waals surface area contributed by atoms with Crippen molar-refractivity contribution in [2.45, 2.75) is 0 Å². The van der Waals surface area contributed by atoms with Crippen LogP contribution in [-0.4, -0.2) is 40.2 Å². The van der Waals surface area contributed by atoms with Gasteiger partial charge in [-0.15, -0.1) is 0 Å². The summed E-state index contributed by atoms with van der Waals surface area (Å²) in [5, 5.41) is 0.703. The van der Waals surface area contributed by atoms with Crippen LogP contribution < -0.4 is 28.4 Å². The quantitative estimate of drug-likeness (QED) is 0.189. The third-order valence-electron chi connectivity index (χ3n) is 5.80. The number of benzene rings is 3. The van der Waals surface area contributed by atoms with Crippen LogP contribution in [0.5, 0.6) is 34.5 Å². The van der Waals surface area contributed by atoms with Gasteiger partial charge < -0.3 is 32.8 Å². The summed E-state index contributed by atoms with van der Waals surface area (Å²) in [6.45, 7) is 0. The van der Waals surface area contributed by atoms with Crippen LogP contribution in [0.15, 0.2) is 64.8 Å². The third kappa shape index (κ3) is 4.31. The maximum absolute atomic E-state index is 13.0. The van der Waals surface area contributed by atoms with Gasteiger partial charge >= 0.3 is 5.97 Å². The maximum Gasteiger partial charge on any atom is 0.379 e. The molecule has 3 aromatic carbocycles. The van der Waals surface area contributed by atoms with Crippen molar-refractivity contribution in [3.05, 3.63) is 77.2 Å². The molecule has 0 radical (unpaired) electrons. The van der Waals surface area contributed by atoms with E-state index in [0.717, 1.165) is 0 Å². The number of carbonyl (C=O) groups excluding carboxylic acids is 2. The van der Waals surface area contributed by atoms with Crippen molar-refractivity contribution in [1.82, 2.24) is 0 Å². The molecule has 9 nitrogen and oxygen atoms in total. The van der Waals surface area contributed by atoms with Crippen LogP contribution in [0.1, 0.15) is 26.5 Å². The number of hydrogen-bond acceptors (Lipinski definition) is 9. The first-order chi connectivity index (χ1) is 17.9. The summed E-state index contributed by atoms with van der Waals surface area (Å²) in [6.07, 6.45) is 1.55. The Hall–Kier alpha value is -4.92. The molecule has 0 bridgehead atoms. The molecule has 1 aliphatic heterocycles. The Balaban J connectivity index is 1.39. The predicted molar refractivity (Wildman–Crippen MR) is 133 cm³/mol. The van der Waals surface area contributed by atoms with Gasteiger partial charge in [-0.05, 0) is 36.4 Å². The second-order valence-corrected chi connectivity index (χ2v) is 7.93. The minimum Gasteiger partial charge on any atom is -0.496 e. The number of furan rings is 1. The molecule has 0 atom stereocenters. The summed E-state index contributed by atoms with van der Waals surface area (Å²) in [6, 6.07) is 14.8. The molecule has 1 aliphatic rings. The number of fused-ring (bicyclic) bond motifs is 2. The van der Waals surface area contributed by atoms with Crippen molar-refractivity contribution in [2.75, 3.05) is 28.4 Å². The Bertz CT molecular complexity index is 1560. The van der Waals surface area contributed by atoms with Gasteiger partial charge in [0.2, 0.25) is 11.5 Å². The summed E-state index contributed by atoms with van der Waals surface area (Å²) >= 11 is 0. The zero-order valence-corrected chi connectivity index (χ0v) is 20.4. The molecular formula is C28H22O9. The standard InChI is InChI=1S/C28H22O9/c1-31-19-7-5-6-15-10-25(37-27(15)19)28(30)35-17-8-9-18-21(13-17)36-24(26(18)29)12-16-11-22(33-3)23(34-4)14-20(16)32-2/h5-14H,1-4H3/b24-12-. The number of hydrogen-bond donors (Lipinski definition) is 0. The van der Waals surface area contributed by atoms with Gasteiger partial charge in [0.25, 0.3) is 0 Å². The van der Waals surface area contributed by atoms with Crippen LogP contribution in [0.4, 0.5) is 0 Å². The third-order valence-corrected chi connectivity index (χ3v) is 5.80. The number of esters is 1. The Morgan fingerprint density at radius 3 is 2.27 bits per heavy atom. The Kier molecular flexibility index (Phi) is 6.19. The van der Waals surface area contributed by atoms with E-state index in [0.29, 0.717) is 45.1 Å². The minimum atomic E-state index is -0.701. The van der Waals surface area contributed by atoms with Gasteiger partial charge in [-0.25, -0.2) is 4.79 Å². The molecule has 0 amide bonds. The van der Waals surface area contributed by atoms with Gasteiger partial charge in [0.1, 0.15) is 17.2 Å². The van der Waals surface area contributed by atoms with Crippen LogP contribution in [0.2, 0.25) is 0 Å². The van der Waals surface area contributed by atoms with E-state index in [1.165, 1.54) is 46.6 Å². The summed E-state index contributed by atoms with van der Waals surface area (Å²) in [5.74, 6) is 1.43. The number of Topliss-reactive ketones (excluding diaryl/α,β-unsaturated/α-hetero) is 1. The normalized spacial score (nSPS) is 13.3. The molecule has 1 aromatic heterocycles. The molecule has 4 aromatic rings. The number of allylic oxidation sites excluding steroid dienone is 1. The predicted octanol–water partition coefficient (Wildman–Crippen LogP) is 5.30. The molecular weight excluding hydrogens is 480 g/mol. The first-order valence-corrected chi connectivity index (χ1v) is 11.1. The van der Waals surface area contributed by atoms with Crippen molar-refractivity contribution < 1.29 is 42.4 Å². The highest BCUT2D eigenvalue weighted by molar-refractivity contribution is 6.14. The molecule has 2 heterocycles. The number of ketones is 1. The summed E-state index contributed by atoms with van der Waals surface area (Å²) in [4.78, 5) is 25.7. The van der Waals surface area contributed by atoms with Crippen molar-refractivity contribution in [3.63, 3.8) is 0 Å². The number of methoxy groups -OCH3 is 4. The molecule has 0 aliphatic carbocycles. The lowest BCUT2D eigenvalue weighted by atomic mass is 10.1. The summed E-state index contributed by atoms with van der Waals surface area (Å²) < 4.78 is 38.3. The van der Waals surface area contributed by atoms with E-state index >= 15 is 0 Å². The van der Waals surface area contributed by atoms with Crippen LogP contribution in [0.3, 0.4) is 0 Å². The molecule has 0 fully saturated rings. The molecule has 9 heteroatoms. The van der Waals surface area contributed by atoms with Gasteiger partial charge in [0.05, 0.1) is 34.0 Å². The molecule has 0 spiro atoms. The highest BCUT2D eigenvalue weighted by Crippen LogP contribution is 2.39. The summed E-state index contributed by atoms with van der Waals surface area (Å²) in [7, 11) is 6.06. The molecule has 0 saturated heterocycles. The van der Waals surface area contributed by atoms with E-state index in [1.807, 2.05) is 0 Å². The van der Waals surface area contributed by atoms with Gasteiger partial charge in [-0.2, -0.15) is 0 Å². The lowest BCUT2D eigenvalue weighted by Gasteiger charge is -2.12. The molecule has 0 N–H and O–H groups in total. The fourth-order valence-electron chi connectivity index (χ4n) is 3.99. The zero-order chi connectivity index (χ0) is 26.1. The first kappa shape index (κ1) is 23.8. The zero-order valence-electron chi connectivity index (χ0n) is 20.4. The van der Waals surface area contributed by atoms with E-state index in [-0.39, 0.29) is 28.8 Å². The van der Waals surface area contributed by atoms with Gasteiger partial charge in [-0.3, -0.25) is 4.79 Å². The molecule has 0 saturated carbocycles. The second-order valence-electron chi connectivity index (χ2n) is 7.93. The van der Waals surface area contributed by atoms with Gasteiger partial charge in [-0.1, -0.05) is 12.1 Å². The fraction of sp³-hybridized carbons (Fsp3) is 0.143. The lowest BCUT2D eigenvalue weighted by molar-refractivity contribution is 0.0703. The Morgan fingerprint density at radius 2 is 1.54 bits per heavy atom. The van der Waals surface area contributed by atoms with Crippen molar-refractivity contribution >= 4 is 28.8 Å². The number of ether oxygens (including phenoxy) is 6. The largest absolute Gasteiger partial charge is 0.496 e. The van der Waals surface area contributed by atoms with Crippen LogP contribution >= 0.6 is 0 Å². The van der Waals surface area contributed by atoms with Crippen molar-refractivity contribution in [3.8, 4) is 34.5 Å². The maximum atomic E-state index is 13.0. The smallest absolute Gasteiger partial charge is 0.379 e. The average Bonchev–Trinajstić information content (AvgIpc) is 3.49. The van der Waals surface area contributed by atoms with Gasteiger partial charge in [0, 0.05) is 23.1 Å². The number of carbonyl (C=O) groups is 2.